The molecule has 32 heavy (non-hydrogen) atoms. The molecule has 0 radical (unpaired) electrons. The van der Waals surface area contributed by atoms with Gasteiger partial charge in [0.1, 0.15) is 17.1 Å². The first-order valence-electron chi connectivity index (χ1n) is 8.66. The van der Waals surface area contributed by atoms with Gasteiger partial charge in [-0.2, -0.15) is 18.4 Å². The molecule has 0 aliphatic rings. The van der Waals surface area contributed by atoms with Crippen molar-refractivity contribution in [1.82, 2.24) is 20.6 Å². The van der Waals surface area contributed by atoms with Crippen molar-refractivity contribution in [1.29, 1.82) is 0 Å². The number of hydrogen-bond donors (Lipinski definition) is 1. The maximum atomic E-state index is 15.0. The summed E-state index contributed by atoms with van der Waals surface area (Å²) in [6.07, 6.45) is -9.95. The van der Waals surface area contributed by atoms with Gasteiger partial charge in [0.15, 0.2) is 5.76 Å². The molecule has 0 unspecified atom stereocenters. The normalized spacial score (nSPS) is 12.3. The quantitative estimate of drug-likeness (QED) is 0.326. The Morgan fingerprint density at radius 1 is 1.00 bits per heavy atom. The molecule has 2 heterocycles. The molecule has 7 nitrogen and oxygen atoms in total. The van der Waals surface area contributed by atoms with E-state index in [1.165, 1.54) is 12.1 Å². The van der Waals surface area contributed by atoms with Crippen LogP contribution in [-0.4, -0.2) is 33.3 Å². The number of rotatable bonds is 5. The lowest BCUT2D eigenvalue weighted by molar-refractivity contribution is -0.274. The second kappa shape index (κ2) is 7.69. The highest BCUT2D eigenvalue weighted by atomic mass is 19.4. The first-order chi connectivity index (χ1) is 15.0. The number of hydrogen-bond acceptors (Lipinski definition) is 6. The van der Waals surface area contributed by atoms with Crippen LogP contribution in [0.5, 0.6) is 5.75 Å². The SMILES string of the molecule is Fc1c(CN(c2ccc(OC(F)(F)F)cc2)C(F)(F)F)ccc2oc(-c3nn[nH]n3)cc12. The summed E-state index contributed by atoms with van der Waals surface area (Å²) >= 11 is 0. The van der Waals surface area contributed by atoms with E-state index in [-0.39, 0.29) is 33.0 Å². The number of nitrogens with one attached hydrogen (secondary N) is 1. The zero-order chi connectivity index (χ0) is 23.1. The molecule has 0 aliphatic carbocycles. The van der Waals surface area contributed by atoms with Crippen LogP contribution in [0, 0.1) is 5.82 Å². The molecule has 168 valence electrons. The van der Waals surface area contributed by atoms with Crippen LogP contribution in [0.15, 0.2) is 46.9 Å². The van der Waals surface area contributed by atoms with Gasteiger partial charge in [0, 0.05) is 11.3 Å². The van der Waals surface area contributed by atoms with Crippen LogP contribution in [0.2, 0.25) is 0 Å². The molecule has 4 rings (SSSR count). The fraction of sp³-hybridized carbons (Fsp3) is 0.167. The van der Waals surface area contributed by atoms with Crippen LogP contribution in [0.3, 0.4) is 0 Å². The van der Waals surface area contributed by atoms with E-state index in [9.17, 15) is 30.7 Å². The third-order valence-corrected chi connectivity index (χ3v) is 4.30. The van der Waals surface area contributed by atoms with Crippen molar-refractivity contribution < 1.29 is 39.9 Å². The number of fused-ring (bicyclic) bond motifs is 1. The Balaban J connectivity index is 1.65. The highest BCUT2D eigenvalue weighted by Gasteiger charge is 2.38. The first kappa shape index (κ1) is 21.4. The summed E-state index contributed by atoms with van der Waals surface area (Å²) in [6, 6.07) is 6.66. The molecule has 4 aromatic rings. The predicted molar refractivity (Wildman–Crippen MR) is 94.7 cm³/mol. The van der Waals surface area contributed by atoms with Crippen molar-refractivity contribution in [2.75, 3.05) is 4.90 Å². The van der Waals surface area contributed by atoms with Crippen LogP contribution in [-0.2, 0) is 6.54 Å². The molecule has 1 N–H and O–H groups in total. The third-order valence-electron chi connectivity index (χ3n) is 4.30. The topological polar surface area (TPSA) is 80.1 Å². The van der Waals surface area contributed by atoms with Gasteiger partial charge < -0.3 is 9.15 Å². The molecular weight excluding hydrogens is 451 g/mol. The molecule has 0 saturated carbocycles. The number of tetrazole rings is 1. The summed E-state index contributed by atoms with van der Waals surface area (Å²) in [5.41, 5.74) is -0.782. The third kappa shape index (κ3) is 4.43. The zero-order valence-electron chi connectivity index (χ0n) is 15.5. The van der Waals surface area contributed by atoms with Crippen molar-refractivity contribution in [3.05, 3.63) is 53.8 Å². The van der Waals surface area contributed by atoms with Gasteiger partial charge in [-0.05, 0) is 41.6 Å². The van der Waals surface area contributed by atoms with Crippen molar-refractivity contribution >= 4 is 16.7 Å². The second-order valence-corrected chi connectivity index (χ2v) is 6.39. The average Bonchev–Trinajstić information content (AvgIpc) is 3.36. The summed E-state index contributed by atoms with van der Waals surface area (Å²) in [7, 11) is 0. The fourth-order valence-electron chi connectivity index (χ4n) is 2.95. The van der Waals surface area contributed by atoms with Gasteiger partial charge in [-0.25, -0.2) is 4.39 Å². The van der Waals surface area contributed by atoms with E-state index < -0.39 is 36.5 Å². The summed E-state index contributed by atoms with van der Waals surface area (Å²) in [6.45, 7) is -0.951. The average molecular weight is 461 g/mol. The lowest BCUT2D eigenvalue weighted by atomic mass is 10.1. The molecule has 0 saturated heterocycles. The Morgan fingerprint density at radius 2 is 1.72 bits per heavy atom. The molecule has 0 fully saturated rings. The van der Waals surface area contributed by atoms with Crippen LogP contribution in [0.1, 0.15) is 5.56 Å². The van der Waals surface area contributed by atoms with E-state index in [0.29, 0.717) is 0 Å². The van der Waals surface area contributed by atoms with Gasteiger partial charge in [0.2, 0.25) is 5.82 Å². The minimum atomic E-state index is -4.99. The number of furan rings is 1. The maximum absolute atomic E-state index is 15.0. The van der Waals surface area contributed by atoms with E-state index in [1.54, 1.807) is 0 Å². The summed E-state index contributed by atoms with van der Waals surface area (Å²) in [4.78, 5) is -0.116. The Labute approximate surface area is 173 Å². The van der Waals surface area contributed by atoms with E-state index in [1.807, 2.05) is 0 Å². The first-order valence-corrected chi connectivity index (χ1v) is 8.66. The number of H-pyrrole nitrogens is 1. The monoisotopic (exact) mass is 461 g/mol. The summed E-state index contributed by atoms with van der Waals surface area (Å²) in [5, 5.41) is 12.8. The van der Waals surface area contributed by atoms with Gasteiger partial charge in [-0.1, -0.05) is 6.07 Å². The Bertz CT molecular complexity index is 1220. The predicted octanol–water partition coefficient (Wildman–Crippen LogP) is 5.18. The van der Waals surface area contributed by atoms with Crippen molar-refractivity contribution in [2.45, 2.75) is 19.2 Å². The van der Waals surface area contributed by atoms with E-state index >= 15 is 0 Å². The minimum Gasteiger partial charge on any atom is -0.452 e. The number of anilines is 1. The van der Waals surface area contributed by atoms with E-state index in [0.717, 1.165) is 30.3 Å². The molecule has 0 aliphatic heterocycles. The van der Waals surface area contributed by atoms with Crippen LogP contribution in [0.4, 0.5) is 36.4 Å². The number of benzene rings is 2. The van der Waals surface area contributed by atoms with E-state index in [2.05, 4.69) is 25.4 Å². The molecule has 2 aromatic carbocycles. The number of aromatic nitrogens is 4. The summed E-state index contributed by atoms with van der Waals surface area (Å²) in [5.74, 6) is -1.58. The fourth-order valence-corrected chi connectivity index (χ4v) is 2.95. The van der Waals surface area contributed by atoms with Gasteiger partial charge >= 0.3 is 12.7 Å². The summed E-state index contributed by atoms with van der Waals surface area (Å²) < 4.78 is 102. The Kier molecular flexibility index (Phi) is 5.14. The second-order valence-electron chi connectivity index (χ2n) is 6.39. The number of nitrogens with zero attached hydrogens (tertiary/aromatic N) is 4. The highest BCUT2D eigenvalue weighted by Crippen LogP contribution is 2.35. The van der Waals surface area contributed by atoms with Crippen LogP contribution >= 0.6 is 0 Å². The van der Waals surface area contributed by atoms with E-state index in [4.69, 9.17) is 4.42 Å². The number of halogens is 7. The Morgan fingerprint density at radius 3 is 2.31 bits per heavy atom. The lowest BCUT2D eigenvalue weighted by Gasteiger charge is -2.27. The minimum absolute atomic E-state index is 0.0280. The molecule has 0 spiro atoms. The van der Waals surface area contributed by atoms with Crippen LogP contribution in [0.25, 0.3) is 22.6 Å². The largest absolute Gasteiger partial charge is 0.573 e. The van der Waals surface area contributed by atoms with Crippen molar-refractivity contribution in [2.24, 2.45) is 0 Å². The lowest BCUT2D eigenvalue weighted by Crippen LogP contribution is -2.37. The van der Waals surface area contributed by atoms with Gasteiger partial charge in [-0.15, -0.1) is 23.4 Å². The highest BCUT2D eigenvalue weighted by molar-refractivity contribution is 5.83. The van der Waals surface area contributed by atoms with Gasteiger partial charge in [0.25, 0.3) is 0 Å². The Hall–Kier alpha value is -3.84. The van der Waals surface area contributed by atoms with Gasteiger partial charge in [-0.3, -0.25) is 4.90 Å². The standard InChI is InChI=1S/C18H10F7N5O2/c19-15-9(1-6-13-12(15)7-14(31-13)16-26-28-29-27-16)8-30(17(20,21)22)10-2-4-11(5-3-10)32-18(23,24)25/h1-7H,8H2,(H,26,27,28,29). The number of alkyl halides is 6. The smallest absolute Gasteiger partial charge is 0.452 e. The number of aromatic amines is 1. The maximum Gasteiger partial charge on any atom is 0.573 e. The molecular formula is C18H10F7N5O2. The number of ether oxygens (including phenoxy) is 1. The van der Waals surface area contributed by atoms with Crippen molar-refractivity contribution in [3.63, 3.8) is 0 Å². The van der Waals surface area contributed by atoms with Crippen molar-refractivity contribution in [3.8, 4) is 17.3 Å². The van der Waals surface area contributed by atoms with Crippen LogP contribution < -0.4 is 9.64 Å². The molecule has 0 atom stereocenters. The van der Waals surface area contributed by atoms with Gasteiger partial charge in [0.05, 0.1) is 11.9 Å². The molecule has 2 aromatic heterocycles. The molecule has 14 heteroatoms. The molecule has 0 bridgehead atoms. The zero-order valence-corrected chi connectivity index (χ0v) is 15.5. The molecule has 0 amide bonds.